The van der Waals surface area contributed by atoms with E-state index in [-0.39, 0.29) is 12.0 Å². The molecule has 0 saturated carbocycles. The molecule has 0 saturated heterocycles. The fourth-order valence-electron chi connectivity index (χ4n) is 0.711. The summed E-state index contributed by atoms with van der Waals surface area (Å²) in [7, 11) is 0. The van der Waals surface area contributed by atoms with Gasteiger partial charge in [0.15, 0.2) is 0 Å². The van der Waals surface area contributed by atoms with Crippen LogP contribution in [-0.4, -0.2) is 22.9 Å². The van der Waals surface area contributed by atoms with E-state index in [9.17, 15) is 5.11 Å². The predicted molar refractivity (Wildman–Crippen MR) is 54.2 cm³/mol. The highest BCUT2D eigenvalue weighted by Gasteiger charge is 2.19. The van der Waals surface area contributed by atoms with Crippen molar-refractivity contribution >= 4 is 0 Å². The van der Waals surface area contributed by atoms with Crippen molar-refractivity contribution < 1.29 is 10.2 Å². The summed E-state index contributed by atoms with van der Waals surface area (Å²) in [5.41, 5.74) is -0.163. The summed E-state index contributed by atoms with van der Waals surface area (Å²) in [5, 5.41) is 18.0. The Labute approximate surface area is 81.0 Å². The van der Waals surface area contributed by atoms with Crippen LogP contribution in [0.2, 0.25) is 0 Å². The van der Waals surface area contributed by atoms with Crippen molar-refractivity contribution in [1.29, 1.82) is 0 Å². The lowest BCUT2D eigenvalue weighted by Crippen LogP contribution is -2.23. The molecule has 0 aromatic rings. The van der Waals surface area contributed by atoms with Gasteiger partial charge in [0.2, 0.25) is 0 Å². The molecular formula is C11H20O2. The molecule has 0 fully saturated rings. The first-order valence-electron chi connectivity index (χ1n) is 4.76. The zero-order valence-electron chi connectivity index (χ0n) is 8.80. The normalized spacial score (nSPS) is 13.3. The molecule has 0 amide bonds. The van der Waals surface area contributed by atoms with E-state index in [0.717, 1.165) is 19.3 Å². The van der Waals surface area contributed by atoms with Crippen molar-refractivity contribution in [3.63, 3.8) is 0 Å². The molecule has 0 bridgehead atoms. The molecule has 2 heteroatoms. The monoisotopic (exact) mass is 184 g/mol. The summed E-state index contributed by atoms with van der Waals surface area (Å²) in [6.45, 7) is 6.10. The Morgan fingerprint density at radius 3 is 2.31 bits per heavy atom. The van der Waals surface area contributed by atoms with Gasteiger partial charge in [0, 0.05) is 13.0 Å². The van der Waals surface area contributed by atoms with Crippen LogP contribution in [0.25, 0.3) is 0 Å². The Balaban J connectivity index is 3.70. The van der Waals surface area contributed by atoms with Gasteiger partial charge in [-0.2, -0.15) is 0 Å². The van der Waals surface area contributed by atoms with Gasteiger partial charge >= 0.3 is 0 Å². The Kier molecular flexibility index (Phi) is 5.77. The van der Waals surface area contributed by atoms with Crippen LogP contribution in [0.4, 0.5) is 0 Å². The molecule has 2 nitrogen and oxygen atoms in total. The van der Waals surface area contributed by atoms with E-state index in [1.807, 2.05) is 20.8 Å². The van der Waals surface area contributed by atoms with E-state index in [1.165, 1.54) is 0 Å². The van der Waals surface area contributed by atoms with Gasteiger partial charge < -0.3 is 10.2 Å². The average molecular weight is 184 g/mol. The largest absolute Gasteiger partial charge is 0.396 e. The van der Waals surface area contributed by atoms with E-state index in [0.29, 0.717) is 0 Å². The average Bonchev–Trinajstić information content (AvgIpc) is 2.02. The minimum atomic E-state index is -0.554. The van der Waals surface area contributed by atoms with Gasteiger partial charge in [0.25, 0.3) is 0 Å². The summed E-state index contributed by atoms with van der Waals surface area (Å²) in [4.78, 5) is 0. The molecule has 0 aromatic heterocycles. The maximum Gasteiger partial charge on any atom is 0.119 e. The van der Waals surface area contributed by atoms with E-state index >= 15 is 0 Å². The Morgan fingerprint density at radius 2 is 1.85 bits per heavy atom. The lowest BCUT2D eigenvalue weighted by atomic mass is 9.89. The zero-order valence-corrected chi connectivity index (χ0v) is 8.80. The van der Waals surface area contributed by atoms with Crippen molar-refractivity contribution in [1.82, 2.24) is 0 Å². The maximum absolute atomic E-state index is 9.52. The molecule has 0 rings (SSSR count). The maximum atomic E-state index is 9.52. The van der Waals surface area contributed by atoms with Crippen LogP contribution in [0.15, 0.2) is 0 Å². The molecule has 0 aliphatic heterocycles. The van der Waals surface area contributed by atoms with Crippen LogP contribution in [-0.2, 0) is 0 Å². The van der Waals surface area contributed by atoms with Gasteiger partial charge in [-0.1, -0.05) is 26.7 Å². The first kappa shape index (κ1) is 12.5. The molecule has 13 heavy (non-hydrogen) atoms. The fourth-order valence-corrected chi connectivity index (χ4v) is 0.711. The number of aliphatic hydroxyl groups excluding tert-OH is 2. The molecule has 2 N–H and O–H groups in total. The Morgan fingerprint density at radius 1 is 1.23 bits per heavy atom. The molecule has 76 valence electrons. The van der Waals surface area contributed by atoms with Crippen molar-refractivity contribution in [3.8, 4) is 11.8 Å². The lowest BCUT2D eigenvalue weighted by Gasteiger charge is -2.20. The third-order valence-electron chi connectivity index (χ3n) is 1.77. The number of rotatable bonds is 3. The first-order chi connectivity index (χ1) is 5.98. The van der Waals surface area contributed by atoms with Crippen molar-refractivity contribution in [2.75, 3.05) is 6.61 Å². The second kappa shape index (κ2) is 6.01. The molecule has 0 spiro atoms. The highest BCUT2D eigenvalue weighted by atomic mass is 16.3. The SMILES string of the molecule is CC(C)(C)C(O)C#CCCCCO. The molecule has 1 unspecified atom stereocenters. The van der Waals surface area contributed by atoms with E-state index in [1.54, 1.807) is 0 Å². The third-order valence-corrected chi connectivity index (χ3v) is 1.77. The van der Waals surface area contributed by atoms with Gasteiger partial charge in [-0.3, -0.25) is 0 Å². The zero-order chi connectivity index (χ0) is 10.3. The second-order valence-electron chi connectivity index (χ2n) is 4.27. The second-order valence-corrected chi connectivity index (χ2v) is 4.27. The van der Waals surface area contributed by atoms with Gasteiger partial charge in [-0.05, 0) is 18.3 Å². The predicted octanol–water partition coefficient (Wildman–Crippen LogP) is 1.56. The first-order valence-corrected chi connectivity index (χ1v) is 4.76. The molecule has 1 atom stereocenters. The number of hydrogen-bond acceptors (Lipinski definition) is 2. The van der Waals surface area contributed by atoms with Gasteiger partial charge in [-0.15, -0.1) is 5.92 Å². The highest BCUT2D eigenvalue weighted by molar-refractivity contribution is 5.07. The fraction of sp³-hybridized carbons (Fsp3) is 0.818. The highest BCUT2D eigenvalue weighted by Crippen LogP contribution is 2.17. The van der Waals surface area contributed by atoms with Crippen LogP contribution in [0, 0.1) is 17.3 Å². The summed E-state index contributed by atoms with van der Waals surface area (Å²) >= 11 is 0. The van der Waals surface area contributed by atoms with Crippen molar-refractivity contribution in [2.24, 2.45) is 5.41 Å². The lowest BCUT2D eigenvalue weighted by molar-refractivity contribution is 0.114. The molecule has 0 heterocycles. The minimum absolute atomic E-state index is 0.163. The van der Waals surface area contributed by atoms with Crippen molar-refractivity contribution in [3.05, 3.63) is 0 Å². The third kappa shape index (κ3) is 6.62. The smallest absolute Gasteiger partial charge is 0.119 e. The van der Waals surface area contributed by atoms with Crippen LogP contribution < -0.4 is 0 Å². The van der Waals surface area contributed by atoms with E-state index < -0.39 is 6.10 Å². The van der Waals surface area contributed by atoms with Gasteiger partial charge in [-0.25, -0.2) is 0 Å². The summed E-state index contributed by atoms with van der Waals surface area (Å²) in [6, 6.07) is 0. The van der Waals surface area contributed by atoms with Crippen molar-refractivity contribution in [2.45, 2.75) is 46.1 Å². The van der Waals surface area contributed by atoms with Crippen LogP contribution in [0.1, 0.15) is 40.0 Å². The minimum Gasteiger partial charge on any atom is -0.396 e. The topological polar surface area (TPSA) is 40.5 Å². The molecule has 0 aliphatic rings. The summed E-state index contributed by atoms with van der Waals surface area (Å²) < 4.78 is 0. The molecular weight excluding hydrogens is 164 g/mol. The summed E-state index contributed by atoms with van der Waals surface area (Å²) in [6.07, 6.45) is 1.90. The van der Waals surface area contributed by atoms with E-state index in [2.05, 4.69) is 11.8 Å². The van der Waals surface area contributed by atoms with Crippen LogP contribution in [0.3, 0.4) is 0 Å². The molecule has 0 radical (unpaired) electrons. The number of aliphatic hydroxyl groups is 2. The Hall–Kier alpha value is -0.520. The van der Waals surface area contributed by atoms with Gasteiger partial charge in [0.05, 0.1) is 0 Å². The Bertz CT molecular complexity index is 180. The number of unbranched alkanes of at least 4 members (excludes halogenated alkanes) is 2. The molecule has 0 aromatic carbocycles. The van der Waals surface area contributed by atoms with Crippen LogP contribution >= 0.6 is 0 Å². The quantitative estimate of drug-likeness (QED) is 0.516. The molecule has 0 aliphatic carbocycles. The van der Waals surface area contributed by atoms with E-state index in [4.69, 9.17) is 5.11 Å². The summed E-state index contributed by atoms with van der Waals surface area (Å²) in [5.74, 6) is 5.72. The number of hydrogen-bond donors (Lipinski definition) is 2. The standard InChI is InChI=1S/C11H20O2/c1-11(2,3)10(13)8-6-4-5-7-9-12/h10,12-13H,4-5,7,9H2,1-3H3. The van der Waals surface area contributed by atoms with Gasteiger partial charge in [0.1, 0.15) is 6.10 Å². The van der Waals surface area contributed by atoms with Crippen LogP contribution in [0.5, 0.6) is 0 Å².